The molecular weight excluding hydrogens is 268 g/mol. The number of hydrogen-bond donors (Lipinski definition) is 2. The van der Waals surface area contributed by atoms with E-state index in [1.165, 1.54) is 31.7 Å². The summed E-state index contributed by atoms with van der Waals surface area (Å²) in [5.41, 5.74) is 1.76. The number of aromatic nitrogens is 1. The maximum absolute atomic E-state index is 11.0. The van der Waals surface area contributed by atoms with Gasteiger partial charge in [-0.15, -0.1) is 0 Å². The zero-order valence-corrected chi connectivity index (χ0v) is 12.2. The first-order chi connectivity index (χ1) is 10.1. The second-order valence-corrected chi connectivity index (χ2v) is 5.92. The number of nitrogens with one attached hydrogen (secondary N) is 1. The van der Waals surface area contributed by atoms with Gasteiger partial charge in [0.05, 0.1) is 5.56 Å². The number of benzene rings is 1. The molecule has 0 bridgehead atoms. The fourth-order valence-electron chi connectivity index (χ4n) is 3.18. The average molecular weight is 288 g/mol. The molecule has 1 aliphatic carbocycles. The summed E-state index contributed by atoms with van der Waals surface area (Å²) in [5, 5.41) is 12.3. The van der Waals surface area contributed by atoms with Crippen LogP contribution in [-0.4, -0.2) is 22.6 Å². The number of carbonyl (C=O) groups is 1. The van der Waals surface area contributed by atoms with Crippen molar-refractivity contribution in [2.75, 3.05) is 11.9 Å². The van der Waals surface area contributed by atoms with Gasteiger partial charge in [-0.05, 0) is 42.9 Å². The molecule has 0 radical (unpaired) electrons. The molecule has 5 heteroatoms. The minimum atomic E-state index is -0.960. The minimum Gasteiger partial charge on any atom is -0.478 e. The molecule has 2 aromatic rings. The van der Waals surface area contributed by atoms with Gasteiger partial charge in [0.1, 0.15) is 5.52 Å². The molecule has 1 aromatic heterocycles. The maximum Gasteiger partial charge on any atom is 0.335 e. The fraction of sp³-hybridized carbons (Fsp3) is 0.500. The van der Waals surface area contributed by atoms with E-state index < -0.39 is 5.97 Å². The van der Waals surface area contributed by atoms with Gasteiger partial charge in [0.15, 0.2) is 5.58 Å². The van der Waals surface area contributed by atoms with Crippen LogP contribution >= 0.6 is 0 Å². The van der Waals surface area contributed by atoms with Crippen molar-refractivity contribution in [3.63, 3.8) is 0 Å². The SMILES string of the molecule is CCC1(CNc2nc3ccc(C(=O)O)cc3o2)CCCC1. The van der Waals surface area contributed by atoms with E-state index in [0.29, 0.717) is 22.5 Å². The molecule has 3 rings (SSSR count). The van der Waals surface area contributed by atoms with E-state index in [1.54, 1.807) is 12.1 Å². The molecular formula is C16H20N2O3. The van der Waals surface area contributed by atoms with Gasteiger partial charge in [-0.2, -0.15) is 4.98 Å². The Hall–Kier alpha value is -2.04. The second kappa shape index (κ2) is 5.39. The predicted molar refractivity (Wildman–Crippen MR) is 80.7 cm³/mol. The number of rotatable bonds is 5. The molecule has 0 saturated heterocycles. The smallest absolute Gasteiger partial charge is 0.335 e. The highest BCUT2D eigenvalue weighted by molar-refractivity contribution is 5.92. The molecule has 2 N–H and O–H groups in total. The summed E-state index contributed by atoms with van der Waals surface area (Å²) in [6.07, 6.45) is 6.25. The number of carboxylic acid groups (broad SMARTS) is 1. The van der Waals surface area contributed by atoms with Crippen LogP contribution in [0.25, 0.3) is 11.1 Å². The van der Waals surface area contributed by atoms with E-state index in [1.807, 2.05) is 0 Å². The topological polar surface area (TPSA) is 75.4 Å². The Balaban J connectivity index is 1.77. The molecule has 1 heterocycles. The fourth-order valence-corrected chi connectivity index (χ4v) is 3.18. The molecule has 0 aliphatic heterocycles. The average Bonchev–Trinajstić information content (AvgIpc) is 3.11. The van der Waals surface area contributed by atoms with Gasteiger partial charge in [0.2, 0.25) is 0 Å². The van der Waals surface area contributed by atoms with E-state index >= 15 is 0 Å². The van der Waals surface area contributed by atoms with Crippen molar-refractivity contribution in [3.05, 3.63) is 23.8 Å². The maximum atomic E-state index is 11.0. The van der Waals surface area contributed by atoms with E-state index in [0.717, 1.165) is 13.0 Å². The Morgan fingerprint density at radius 2 is 2.19 bits per heavy atom. The molecule has 0 atom stereocenters. The molecule has 21 heavy (non-hydrogen) atoms. The normalized spacial score (nSPS) is 17.2. The van der Waals surface area contributed by atoms with Crippen LogP contribution < -0.4 is 5.32 Å². The number of fused-ring (bicyclic) bond motifs is 1. The number of carboxylic acids is 1. The number of oxazole rings is 1. The number of aromatic carboxylic acids is 1. The van der Waals surface area contributed by atoms with Gasteiger partial charge in [0.25, 0.3) is 6.01 Å². The summed E-state index contributed by atoms with van der Waals surface area (Å²) in [7, 11) is 0. The van der Waals surface area contributed by atoms with Crippen LogP contribution in [0, 0.1) is 5.41 Å². The molecule has 0 spiro atoms. The first kappa shape index (κ1) is 13.9. The summed E-state index contributed by atoms with van der Waals surface area (Å²) in [6.45, 7) is 3.10. The van der Waals surface area contributed by atoms with Crippen LogP contribution in [-0.2, 0) is 0 Å². The molecule has 0 unspecified atom stereocenters. The third-order valence-electron chi connectivity index (χ3n) is 4.66. The van der Waals surface area contributed by atoms with Gasteiger partial charge >= 0.3 is 5.97 Å². The van der Waals surface area contributed by atoms with Gasteiger partial charge < -0.3 is 14.8 Å². The van der Waals surface area contributed by atoms with E-state index in [2.05, 4.69) is 17.2 Å². The van der Waals surface area contributed by atoms with E-state index in [9.17, 15) is 4.79 Å². The van der Waals surface area contributed by atoms with Crippen molar-refractivity contribution in [3.8, 4) is 0 Å². The highest BCUT2D eigenvalue weighted by atomic mass is 16.4. The van der Waals surface area contributed by atoms with Crippen molar-refractivity contribution >= 4 is 23.1 Å². The van der Waals surface area contributed by atoms with E-state index in [-0.39, 0.29) is 5.56 Å². The third kappa shape index (κ3) is 2.73. The number of anilines is 1. The van der Waals surface area contributed by atoms with Crippen molar-refractivity contribution in [1.82, 2.24) is 4.98 Å². The Morgan fingerprint density at radius 1 is 1.43 bits per heavy atom. The summed E-state index contributed by atoms with van der Waals surface area (Å²) < 4.78 is 5.62. The third-order valence-corrected chi connectivity index (χ3v) is 4.66. The Labute approximate surface area is 123 Å². The van der Waals surface area contributed by atoms with Crippen molar-refractivity contribution in [2.24, 2.45) is 5.41 Å². The minimum absolute atomic E-state index is 0.214. The van der Waals surface area contributed by atoms with Gasteiger partial charge in [-0.25, -0.2) is 4.79 Å². The molecule has 1 aliphatic rings. The van der Waals surface area contributed by atoms with E-state index in [4.69, 9.17) is 9.52 Å². The van der Waals surface area contributed by atoms with Gasteiger partial charge in [-0.1, -0.05) is 19.8 Å². The quantitative estimate of drug-likeness (QED) is 0.872. The van der Waals surface area contributed by atoms with Crippen LogP contribution in [0.2, 0.25) is 0 Å². The van der Waals surface area contributed by atoms with Crippen molar-refractivity contribution in [1.29, 1.82) is 0 Å². The lowest BCUT2D eigenvalue weighted by Crippen LogP contribution is -2.25. The lowest BCUT2D eigenvalue weighted by molar-refractivity contribution is 0.0697. The predicted octanol–water partition coefficient (Wildman–Crippen LogP) is 3.91. The zero-order chi connectivity index (χ0) is 14.9. The summed E-state index contributed by atoms with van der Waals surface area (Å²) >= 11 is 0. The molecule has 1 saturated carbocycles. The Bertz CT molecular complexity index is 657. The largest absolute Gasteiger partial charge is 0.478 e. The standard InChI is InChI=1S/C16H20N2O3/c1-2-16(7-3-4-8-16)10-17-15-18-12-6-5-11(14(19)20)9-13(12)21-15/h5-6,9H,2-4,7-8,10H2,1H3,(H,17,18)(H,19,20). The van der Waals surface area contributed by atoms with Crippen LogP contribution in [0.1, 0.15) is 49.4 Å². The molecule has 1 fully saturated rings. The second-order valence-electron chi connectivity index (χ2n) is 5.92. The monoisotopic (exact) mass is 288 g/mol. The summed E-state index contributed by atoms with van der Waals surface area (Å²) in [6, 6.07) is 5.22. The highest BCUT2D eigenvalue weighted by Gasteiger charge is 2.32. The Morgan fingerprint density at radius 3 is 2.86 bits per heavy atom. The first-order valence-electron chi connectivity index (χ1n) is 7.50. The highest BCUT2D eigenvalue weighted by Crippen LogP contribution is 2.41. The summed E-state index contributed by atoms with van der Waals surface area (Å²) in [4.78, 5) is 15.3. The van der Waals surface area contributed by atoms with Gasteiger partial charge in [0, 0.05) is 6.54 Å². The lowest BCUT2D eigenvalue weighted by Gasteiger charge is -2.27. The van der Waals surface area contributed by atoms with Crippen LogP contribution in [0.5, 0.6) is 0 Å². The first-order valence-corrected chi connectivity index (χ1v) is 7.50. The Kier molecular flexibility index (Phi) is 3.57. The summed E-state index contributed by atoms with van der Waals surface area (Å²) in [5.74, 6) is -0.960. The lowest BCUT2D eigenvalue weighted by atomic mass is 9.83. The van der Waals surface area contributed by atoms with Crippen LogP contribution in [0.3, 0.4) is 0 Å². The van der Waals surface area contributed by atoms with Crippen LogP contribution in [0.15, 0.2) is 22.6 Å². The molecule has 112 valence electrons. The number of hydrogen-bond acceptors (Lipinski definition) is 4. The van der Waals surface area contributed by atoms with Crippen LogP contribution in [0.4, 0.5) is 6.01 Å². The van der Waals surface area contributed by atoms with Crippen molar-refractivity contribution < 1.29 is 14.3 Å². The molecule has 5 nitrogen and oxygen atoms in total. The molecule has 1 aromatic carbocycles. The number of nitrogens with zero attached hydrogens (tertiary/aromatic N) is 1. The van der Waals surface area contributed by atoms with Gasteiger partial charge in [-0.3, -0.25) is 0 Å². The zero-order valence-electron chi connectivity index (χ0n) is 12.2. The van der Waals surface area contributed by atoms with Crippen molar-refractivity contribution in [2.45, 2.75) is 39.0 Å². The molecule has 0 amide bonds.